The van der Waals surface area contributed by atoms with Crippen molar-refractivity contribution in [3.05, 3.63) is 0 Å². The second kappa shape index (κ2) is 2.43. The van der Waals surface area contributed by atoms with Crippen LogP contribution in [0, 0.1) is 0 Å². The van der Waals surface area contributed by atoms with Crippen molar-refractivity contribution >= 4 is 5.84 Å². The summed E-state index contributed by atoms with van der Waals surface area (Å²) in [5.41, 5.74) is 3.52. The van der Waals surface area contributed by atoms with E-state index in [4.69, 9.17) is 5.73 Å². The fourth-order valence-electron chi connectivity index (χ4n) is 1.08. The highest BCUT2D eigenvalue weighted by Gasteiger charge is 2.38. The Hall–Kier alpha value is -0.670. The normalized spacial score (nSPS) is 45.3. The summed E-state index contributed by atoms with van der Waals surface area (Å²) in [5.74, 6) is -0.0844. The summed E-state index contributed by atoms with van der Waals surface area (Å²) < 4.78 is 26.0. The minimum absolute atomic E-state index is 0.0844. The smallest absolute Gasteiger partial charge is 0.167 e. The molecule has 4 heteroatoms. The topological polar surface area (TPSA) is 38.4 Å². The molecule has 1 aliphatic heterocycles. The lowest BCUT2D eigenvalue weighted by Crippen LogP contribution is -2.46. The predicted molar refractivity (Wildman–Crippen MR) is 40.1 cm³/mol. The van der Waals surface area contributed by atoms with Crippen LogP contribution in [0.25, 0.3) is 0 Å². The van der Waals surface area contributed by atoms with Crippen LogP contribution in [0.2, 0.25) is 0 Å². The number of nitrogens with two attached hydrogens (primary N) is 1. The molecule has 0 aromatic heterocycles. The van der Waals surface area contributed by atoms with Crippen LogP contribution in [0.5, 0.6) is 0 Å². The zero-order valence-corrected chi connectivity index (χ0v) is 6.64. The van der Waals surface area contributed by atoms with E-state index in [1.54, 1.807) is 6.92 Å². The Kier molecular flexibility index (Phi) is 1.86. The molecule has 0 spiro atoms. The van der Waals surface area contributed by atoms with E-state index in [1.165, 1.54) is 6.92 Å². The number of halogens is 2. The number of hydrogen-bond acceptors (Lipinski definition) is 2. The van der Waals surface area contributed by atoms with Gasteiger partial charge in [-0.1, -0.05) is 0 Å². The van der Waals surface area contributed by atoms with E-state index in [0.717, 1.165) is 0 Å². The van der Waals surface area contributed by atoms with E-state index in [1.807, 2.05) is 0 Å². The first-order valence-corrected chi connectivity index (χ1v) is 3.60. The third-order valence-electron chi connectivity index (χ3n) is 1.98. The van der Waals surface area contributed by atoms with Gasteiger partial charge in [0.25, 0.3) is 0 Å². The lowest BCUT2D eigenvalue weighted by molar-refractivity contribution is 0.156. The molecule has 0 aromatic carbocycles. The molecule has 1 heterocycles. The van der Waals surface area contributed by atoms with Crippen molar-refractivity contribution in [2.45, 2.75) is 38.2 Å². The van der Waals surface area contributed by atoms with Gasteiger partial charge in [0.1, 0.15) is 12.0 Å². The van der Waals surface area contributed by atoms with Gasteiger partial charge in [-0.05, 0) is 13.8 Å². The van der Waals surface area contributed by atoms with Crippen LogP contribution in [0.1, 0.15) is 20.3 Å². The van der Waals surface area contributed by atoms with Gasteiger partial charge in [0.05, 0.1) is 6.04 Å². The molecule has 0 fully saturated rings. The van der Waals surface area contributed by atoms with Gasteiger partial charge in [0.15, 0.2) is 5.67 Å². The summed E-state index contributed by atoms with van der Waals surface area (Å²) in [4.78, 5) is 3.66. The fraction of sp³-hybridized carbons (Fsp3) is 0.857. The molecule has 0 unspecified atom stereocenters. The van der Waals surface area contributed by atoms with Crippen molar-refractivity contribution in [1.82, 2.24) is 0 Å². The first-order valence-electron chi connectivity index (χ1n) is 3.60. The predicted octanol–water partition coefficient (Wildman–Crippen LogP) is 1.20. The van der Waals surface area contributed by atoms with Crippen molar-refractivity contribution in [3.63, 3.8) is 0 Å². The average Bonchev–Trinajstić information content (AvgIpc) is 1.83. The molecule has 11 heavy (non-hydrogen) atoms. The van der Waals surface area contributed by atoms with Crippen LogP contribution in [-0.2, 0) is 0 Å². The van der Waals surface area contributed by atoms with Crippen LogP contribution in [-0.4, -0.2) is 23.7 Å². The third-order valence-corrected chi connectivity index (χ3v) is 1.98. The SMILES string of the molecule is C[C@H]1N=C(N)[C@@](C)(F)C[C@@H]1F. The molecular weight excluding hydrogens is 150 g/mol. The molecule has 0 amide bonds. The van der Waals surface area contributed by atoms with Gasteiger partial charge < -0.3 is 5.73 Å². The largest absolute Gasteiger partial charge is 0.385 e. The summed E-state index contributed by atoms with van der Waals surface area (Å²) in [5, 5.41) is 0. The maximum absolute atomic E-state index is 13.2. The first kappa shape index (κ1) is 8.43. The van der Waals surface area contributed by atoms with Gasteiger partial charge in [0, 0.05) is 6.42 Å². The first-order chi connectivity index (χ1) is 4.93. The van der Waals surface area contributed by atoms with Crippen LogP contribution < -0.4 is 5.73 Å². The Morgan fingerprint density at radius 3 is 2.73 bits per heavy atom. The number of hydrogen-bond donors (Lipinski definition) is 1. The Bertz CT molecular complexity index is 189. The van der Waals surface area contributed by atoms with E-state index < -0.39 is 17.9 Å². The summed E-state index contributed by atoms with van der Waals surface area (Å²) in [6.07, 6.45) is -1.39. The van der Waals surface area contributed by atoms with E-state index in [2.05, 4.69) is 4.99 Å². The number of amidine groups is 1. The van der Waals surface area contributed by atoms with E-state index in [-0.39, 0.29) is 12.3 Å². The number of aliphatic imine (C=N–C) groups is 1. The van der Waals surface area contributed by atoms with E-state index in [0.29, 0.717) is 0 Å². The van der Waals surface area contributed by atoms with Gasteiger partial charge in [0.2, 0.25) is 0 Å². The molecule has 2 nitrogen and oxygen atoms in total. The Balaban J connectivity index is 2.86. The highest BCUT2D eigenvalue weighted by atomic mass is 19.2. The summed E-state index contributed by atoms with van der Waals surface area (Å²) >= 11 is 0. The molecule has 0 bridgehead atoms. The summed E-state index contributed by atoms with van der Waals surface area (Å²) in [7, 11) is 0. The maximum atomic E-state index is 13.2. The Morgan fingerprint density at radius 1 is 1.73 bits per heavy atom. The minimum atomic E-state index is -1.76. The van der Waals surface area contributed by atoms with Gasteiger partial charge in [-0.2, -0.15) is 0 Å². The molecular formula is C7H12F2N2. The van der Waals surface area contributed by atoms with Crippen molar-refractivity contribution < 1.29 is 8.78 Å². The summed E-state index contributed by atoms with van der Waals surface area (Å²) in [6.45, 7) is 2.84. The zero-order valence-electron chi connectivity index (χ0n) is 6.64. The number of alkyl halides is 2. The van der Waals surface area contributed by atoms with Gasteiger partial charge in [-0.3, -0.25) is 4.99 Å². The molecule has 2 N–H and O–H groups in total. The molecule has 3 atom stereocenters. The molecule has 0 radical (unpaired) electrons. The van der Waals surface area contributed by atoms with Crippen molar-refractivity contribution in [3.8, 4) is 0 Å². The van der Waals surface area contributed by atoms with Crippen molar-refractivity contribution in [1.29, 1.82) is 0 Å². The monoisotopic (exact) mass is 162 g/mol. The van der Waals surface area contributed by atoms with Crippen molar-refractivity contribution in [2.75, 3.05) is 0 Å². The Morgan fingerprint density at radius 2 is 2.27 bits per heavy atom. The van der Waals surface area contributed by atoms with Crippen LogP contribution >= 0.6 is 0 Å². The lowest BCUT2D eigenvalue weighted by atomic mass is 9.93. The van der Waals surface area contributed by atoms with Crippen LogP contribution in [0.15, 0.2) is 4.99 Å². The highest BCUT2D eigenvalue weighted by molar-refractivity contribution is 5.89. The molecule has 0 saturated carbocycles. The second-order valence-corrected chi connectivity index (χ2v) is 3.17. The maximum Gasteiger partial charge on any atom is 0.167 e. The van der Waals surface area contributed by atoms with Gasteiger partial charge in [-0.15, -0.1) is 0 Å². The Labute approximate surface area is 64.5 Å². The summed E-state index contributed by atoms with van der Waals surface area (Å²) in [6, 6.07) is -0.501. The fourth-order valence-corrected chi connectivity index (χ4v) is 1.08. The molecule has 64 valence electrons. The number of nitrogens with zero attached hydrogens (tertiary/aromatic N) is 1. The molecule has 0 saturated heterocycles. The van der Waals surface area contributed by atoms with Gasteiger partial charge in [-0.25, -0.2) is 8.78 Å². The van der Waals surface area contributed by atoms with Gasteiger partial charge >= 0.3 is 0 Å². The van der Waals surface area contributed by atoms with E-state index in [9.17, 15) is 8.78 Å². The minimum Gasteiger partial charge on any atom is -0.385 e. The highest BCUT2D eigenvalue weighted by Crippen LogP contribution is 2.27. The molecule has 1 aliphatic rings. The third kappa shape index (κ3) is 1.49. The van der Waals surface area contributed by atoms with E-state index >= 15 is 0 Å². The average molecular weight is 162 g/mol. The van der Waals surface area contributed by atoms with Crippen LogP contribution in [0.3, 0.4) is 0 Å². The number of rotatable bonds is 0. The quantitative estimate of drug-likeness (QED) is 0.571. The lowest BCUT2D eigenvalue weighted by Gasteiger charge is -2.29. The standard InChI is InChI=1S/C7H12F2N2/c1-4-5(8)3-7(2,9)6(10)11-4/h4-5H,3H2,1-2H3,(H2,10,11)/t4-,5+,7+/m1/s1. The molecule has 1 rings (SSSR count). The van der Waals surface area contributed by atoms with Crippen molar-refractivity contribution in [2.24, 2.45) is 10.7 Å². The molecule has 0 aromatic rings. The molecule has 0 aliphatic carbocycles. The zero-order chi connectivity index (χ0) is 8.65. The second-order valence-electron chi connectivity index (χ2n) is 3.17. The van der Waals surface area contributed by atoms with Crippen LogP contribution in [0.4, 0.5) is 8.78 Å².